The van der Waals surface area contributed by atoms with E-state index >= 15 is 0 Å². The summed E-state index contributed by atoms with van der Waals surface area (Å²) in [5, 5.41) is 13.2. The van der Waals surface area contributed by atoms with E-state index < -0.39 is 49.2 Å². The first-order valence-electron chi connectivity index (χ1n) is 11.6. The molecule has 4 rings (SSSR count). The third-order valence-corrected chi connectivity index (χ3v) is 7.76. The lowest BCUT2D eigenvalue weighted by molar-refractivity contribution is -0.387. The number of rotatable bonds is 10. The number of carbonyl (C=O) groups is 3. The Hall–Kier alpha value is -4.89. The van der Waals surface area contributed by atoms with E-state index in [1.54, 1.807) is 24.3 Å². The average Bonchev–Trinajstić information content (AvgIpc) is 3.21. The van der Waals surface area contributed by atoms with Crippen molar-refractivity contribution in [3.8, 4) is 17.2 Å². The Kier molecular flexibility index (Phi) is 8.59. The second kappa shape index (κ2) is 12.1. The quantitative estimate of drug-likeness (QED) is 0.154. The van der Waals surface area contributed by atoms with Gasteiger partial charge in [0.25, 0.3) is 16.8 Å². The van der Waals surface area contributed by atoms with Crippen molar-refractivity contribution >= 4 is 56.4 Å². The van der Waals surface area contributed by atoms with Gasteiger partial charge in [0.05, 0.1) is 24.0 Å². The first kappa shape index (κ1) is 29.1. The first-order chi connectivity index (χ1) is 19.5. The third kappa shape index (κ3) is 6.64. The van der Waals surface area contributed by atoms with E-state index in [1.165, 1.54) is 50.6 Å². The molecule has 0 bridgehead atoms. The smallest absolute Gasteiger partial charge is 0.346 e. The number of hydrogen-bond acceptors (Lipinski definition) is 11. The van der Waals surface area contributed by atoms with Crippen LogP contribution in [-0.2, 0) is 19.7 Å². The van der Waals surface area contributed by atoms with Crippen LogP contribution in [0, 0.1) is 10.1 Å². The lowest BCUT2D eigenvalue weighted by Crippen LogP contribution is -2.36. The standard InChI is InChI=1S/C26H21N3O10S2/c1-37-18-10-8-17(9-11-18)27-24(30)15-28-25(31)22(40-26(28)32)14-16-7-12-20(21(13-16)38-2)39-41(35,36)23-6-4-3-5-19(23)29(33)34/h3-14H,15H2,1-2H3,(H,27,30)/b22-14-. The fourth-order valence-corrected chi connectivity index (χ4v) is 5.58. The van der Waals surface area contributed by atoms with Gasteiger partial charge in [-0.05, 0) is 65.9 Å². The maximum absolute atomic E-state index is 12.9. The van der Waals surface area contributed by atoms with E-state index in [4.69, 9.17) is 13.7 Å². The maximum atomic E-state index is 12.9. The van der Waals surface area contributed by atoms with Gasteiger partial charge in [0.15, 0.2) is 16.4 Å². The molecule has 13 nitrogen and oxygen atoms in total. The van der Waals surface area contributed by atoms with Gasteiger partial charge in [0, 0.05) is 11.8 Å². The van der Waals surface area contributed by atoms with E-state index in [-0.39, 0.29) is 16.4 Å². The van der Waals surface area contributed by atoms with Gasteiger partial charge in [-0.25, -0.2) is 0 Å². The van der Waals surface area contributed by atoms with Crippen molar-refractivity contribution < 1.29 is 41.4 Å². The van der Waals surface area contributed by atoms with Crippen LogP contribution in [0.1, 0.15) is 5.56 Å². The Labute approximate surface area is 238 Å². The summed E-state index contributed by atoms with van der Waals surface area (Å²) in [7, 11) is -1.85. The summed E-state index contributed by atoms with van der Waals surface area (Å²) in [6.07, 6.45) is 1.37. The Morgan fingerprint density at radius 3 is 2.39 bits per heavy atom. The number of carbonyl (C=O) groups excluding carboxylic acids is 3. The van der Waals surface area contributed by atoms with E-state index in [9.17, 15) is 32.9 Å². The van der Waals surface area contributed by atoms with E-state index in [1.807, 2.05) is 0 Å². The molecule has 41 heavy (non-hydrogen) atoms. The summed E-state index contributed by atoms with van der Waals surface area (Å²) in [6, 6.07) is 15.2. The van der Waals surface area contributed by atoms with Crippen LogP contribution in [0.15, 0.2) is 76.5 Å². The second-order valence-corrected chi connectivity index (χ2v) is 10.7. The molecule has 0 radical (unpaired) electrons. The van der Waals surface area contributed by atoms with Crippen LogP contribution >= 0.6 is 11.8 Å². The topological polar surface area (TPSA) is 171 Å². The molecule has 0 saturated carbocycles. The maximum Gasteiger partial charge on any atom is 0.346 e. The SMILES string of the molecule is COc1ccc(NC(=O)CN2C(=O)S/C(=C\c3ccc(OS(=O)(=O)c4ccccc4[N+](=O)[O-])c(OC)c3)C2=O)cc1. The van der Waals surface area contributed by atoms with Gasteiger partial charge in [-0.15, -0.1) is 0 Å². The summed E-state index contributed by atoms with van der Waals surface area (Å²) < 4.78 is 41.0. The minimum atomic E-state index is -4.61. The van der Waals surface area contributed by atoms with Crippen LogP contribution in [0.4, 0.5) is 16.2 Å². The zero-order valence-electron chi connectivity index (χ0n) is 21.4. The lowest BCUT2D eigenvalue weighted by Gasteiger charge is -2.13. The lowest BCUT2D eigenvalue weighted by atomic mass is 10.2. The molecule has 15 heteroatoms. The number of imide groups is 1. The van der Waals surface area contributed by atoms with Crippen LogP contribution < -0.4 is 19.0 Å². The number of nitrogens with one attached hydrogen (secondary N) is 1. The molecule has 1 heterocycles. The van der Waals surface area contributed by atoms with Gasteiger partial charge in [-0.1, -0.05) is 18.2 Å². The fourth-order valence-electron chi connectivity index (χ4n) is 3.63. The molecule has 3 aromatic carbocycles. The zero-order valence-corrected chi connectivity index (χ0v) is 23.1. The number of amides is 3. The second-order valence-electron chi connectivity index (χ2n) is 8.22. The predicted molar refractivity (Wildman–Crippen MR) is 148 cm³/mol. The Balaban J connectivity index is 1.49. The largest absolute Gasteiger partial charge is 0.497 e. The van der Waals surface area contributed by atoms with Gasteiger partial charge in [0.2, 0.25) is 5.91 Å². The molecule has 0 aliphatic carbocycles. The van der Waals surface area contributed by atoms with Crippen molar-refractivity contribution in [2.45, 2.75) is 4.90 Å². The van der Waals surface area contributed by atoms with Crippen molar-refractivity contribution in [1.29, 1.82) is 0 Å². The molecule has 3 amide bonds. The monoisotopic (exact) mass is 599 g/mol. The van der Waals surface area contributed by atoms with Crippen LogP contribution in [0.25, 0.3) is 6.08 Å². The molecule has 0 spiro atoms. The molecule has 1 aliphatic heterocycles. The van der Waals surface area contributed by atoms with Crippen molar-refractivity contribution in [2.75, 3.05) is 26.1 Å². The number of para-hydroxylation sites is 1. The number of nitro groups is 1. The van der Waals surface area contributed by atoms with Crippen molar-refractivity contribution in [1.82, 2.24) is 4.90 Å². The van der Waals surface area contributed by atoms with Crippen LogP contribution in [0.2, 0.25) is 0 Å². The summed E-state index contributed by atoms with van der Waals surface area (Å²) >= 11 is 0.629. The molecule has 0 atom stereocenters. The molecule has 0 unspecified atom stereocenters. The highest BCUT2D eigenvalue weighted by atomic mass is 32.2. The van der Waals surface area contributed by atoms with Crippen molar-refractivity contribution in [2.24, 2.45) is 0 Å². The number of methoxy groups -OCH3 is 2. The Morgan fingerprint density at radius 1 is 1.02 bits per heavy atom. The first-order valence-corrected chi connectivity index (χ1v) is 13.8. The number of nitro benzene ring substituents is 1. The average molecular weight is 600 g/mol. The van der Waals surface area contributed by atoms with E-state index in [0.717, 1.165) is 17.0 Å². The number of nitrogens with zero attached hydrogens (tertiary/aromatic N) is 2. The number of benzene rings is 3. The van der Waals surface area contributed by atoms with Gasteiger partial charge >= 0.3 is 10.1 Å². The van der Waals surface area contributed by atoms with Crippen molar-refractivity contribution in [3.05, 3.63) is 87.3 Å². The number of ether oxygens (including phenoxy) is 2. The minimum Gasteiger partial charge on any atom is -0.497 e. The summed E-state index contributed by atoms with van der Waals surface area (Å²) in [6.45, 7) is -0.506. The highest BCUT2D eigenvalue weighted by molar-refractivity contribution is 8.18. The van der Waals surface area contributed by atoms with Crippen LogP contribution in [-0.4, -0.2) is 56.1 Å². The zero-order chi connectivity index (χ0) is 29.7. The van der Waals surface area contributed by atoms with Gasteiger partial charge in [-0.3, -0.25) is 29.4 Å². The molecule has 3 aromatic rings. The molecule has 1 aliphatic rings. The summed E-state index contributed by atoms with van der Waals surface area (Å²) in [5.74, 6) is -0.993. The molecule has 212 valence electrons. The van der Waals surface area contributed by atoms with Crippen molar-refractivity contribution in [3.63, 3.8) is 0 Å². The molecule has 1 saturated heterocycles. The molecule has 1 N–H and O–H groups in total. The summed E-state index contributed by atoms with van der Waals surface area (Å²) in [5.41, 5.74) is 0.151. The highest BCUT2D eigenvalue weighted by Gasteiger charge is 2.36. The third-order valence-electron chi connectivity index (χ3n) is 5.57. The van der Waals surface area contributed by atoms with Crippen LogP contribution in [0.3, 0.4) is 0 Å². The number of hydrogen-bond donors (Lipinski definition) is 1. The number of anilines is 1. The Bertz CT molecular complexity index is 1670. The Morgan fingerprint density at radius 2 is 1.73 bits per heavy atom. The number of thioether (sulfide) groups is 1. The summed E-state index contributed by atoms with van der Waals surface area (Å²) in [4.78, 5) is 48.4. The van der Waals surface area contributed by atoms with E-state index in [2.05, 4.69) is 5.32 Å². The molecule has 1 fully saturated rings. The van der Waals surface area contributed by atoms with E-state index in [0.29, 0.717) is 28.8 Å². The minimum absolute atomic E-state index is 0.0236. The fraction of sp³-hybridized carbons (Fsp3) is 0.115. The predicted octanol–water partition coefficient (Wildman–Crippen LogP) is 4.05. The van der Waals surface area contributed by atoms with Gasteiger partial charge in [0.1, 0.15) is 12.3 Å². The molecule has 0 aromatic heterocycles. The van der Waals surface area contributed by atoms with Crippen LogP contribution in [0.5, 0.6) is 17.2 Å². The molecular weight excluding hydrogens is 578 g/mol. The normalized spacial score (nSPS) is 14.2. The molecular formula is C26H21N3O10S2. The highest BCUT2D eigenvalue weighted by Crippen LogP contribution is 2.36. The van der Waals surface area contributed by atoms with Gasteiger partial charge in [-0.2, -0.15) is 8.42 Å². The van der Waals surface area contributed by atoms with Gasteiger partial charge < -0.3 is 19.0 Å².